The quantitative estimate of drug-likeness (QED) is 0.378. The number of hydrogen-bond acceptors (Lipinski definition) is 5. The summed E-state index contributed by atoms with van der Waals surface area (Å²) >= 11 is 0. The highest BCUT2D eigenvalue weighted by Gasteiger charge is 2.17. The summed E-state index contributed by atoms with van der Waals surface area (Å²) in [6.07, 6.45) is 0.708. The number of methoxy groups -OCH3 is 1. The van der Waals surface area contributed by atoms with Gasteiger partial charge in [-0.15, -0.1) is 0 Å². The van der Waals surface area contributed by atoms with Crippen molar-refractivity contribution in [2.45, 2.75) is 6.42 Å². The molecule has 0 saturated heterocycles. The molecule has 2 amide bonds. The number of rotatable bonds is 7. The minimum Gasteiger partial charge on any atom is -0.508 e. The molecule has 0 radical (unpaired) electrons. The number of hydrogen-bond donors (Lipinski definition) is 3. The number of phenols is 1. The van der Waals surface area contributed by atoms with Gasteiger partial charge in [0.1, 0.15) is 5.75 Å². The molecule has 0 aliphatic carbocycles. The molecule has 0 bridgehead atoms. The number of carbonyl (C=O) groups is 2. The lowest BCUT2D eigenvalue weighted by atomic mass is 10.1. The Morgan fingerprint density at radius 3 is 2.81 bits per heavy atom. The Kier molecular flexibility index (Phi) is 6.48. The summed E-state index contributed by atoms with van der Waals surface area (Å²) in [5.41, 5.74) is 6.13. The fourth-order valence-electron chi connectivity index (χ4n) is 1.72. The van der Waals surface area contributed by atoms with E-state index < -0.39 is 5.91 Å². The maximum Gasteiger partial charge on any atom is 0.256 e. The van der Waals surface area contributed by atoms with E-state index in [0.717, 1.165) is 0 Å². The molecule has 1 aromatic carbocycles. The average molecular weight is 295 g/mol. The fourth-order valence-corrected chi connectivity index (χ4v) is 1.72. The van der Waals surface area contributed by atoms with Crippen molar-refractivity contribution in [2.24, 2.45) is 0 Å². The maximum absolute atomic E-state index is 12.2. The molecule has 116 valence electrons. The van der Waals surface area contributed by atoms with E-state index in [1.807, 2.05) is 0 Å². The molecule has 0 unspecified atom stereocenters. The molecule has 1 aromatic rings. The van der Waals surface area contributed by atoms with E-state index in [1.54, 1.807) is 7.11 Å². The van der Waals surface area contributed by atoms with Crippen LogP contribution in [0, 0.1) is 0 Å². The zero-order valence-corrected chi connectivity index (χ0v) is 12.3. The molecule has 0 aliphatic rings. The highest BCUT2D eigenvalue weighted by molar-refractivity contribution is 6.00. The number of nitrogens with two attached hydrogens (primary N) is 1. The maximum atomic E-state index is 12.2. The Bertz CT molecular complexity index is 505. The first-order chi connectivity index (χ1) is 9.95. The van der Waals surface area contributed by atoms with Crippen molar-refractivity contribution in [1.82, 2.24) is 10.2 Å². The molecule has 1 rings (SSSR count). The summed E-state index contributed by atoms with van der Waals surface area (Å²) in [6.45, 7) is 0.971. The predicted octanol–water partition coefficient (Wildman–Crippen LogP) is 0.199. The Morgan fingerprint density at radius 2 is 2.14 bits per heavy atom. The number of likely N-dealkylation sites (N-methyl/N-ethyl adjacent to an activating group) is 1. The van der Waals surface area contributed by atoms with Crippen molar-refractivity contribution >= 4 is 17.5 Å². The van der Waals surface area contributed by atoms with Crippen molar-refractivity contribution in [3.05, 3.63) is 23.8 Å². The molecule has 7 nitrogen and oxygen atoms in total. The SMILES string of the molecule is COCCCNC(=O)CN(C)C(=O)c1cc(O)ccc1N. The van der Waals surface area contributed by atoms with Gasteiger partial charge in [-0.2, -0.15) is 0 Å². The van der Waals surface area contributed by atoms with Crippen LogP contribution in [0.4, 0.5) is 5.69 Å². The second-order valence-electron chi connectivity index (χ2n) is 4.63. The Labute approximate surface area is 123 Å². The normalized spacial score (nSPS) is 10.2. The van der Waals surface area contributed by atoms with Crippen LogP contribution in [0.1, 0.15) is 16.8 Å². The van der Waals surface area contributed by atoms with Crippen molar-refractivity contribution in [1.29, 1.82) is 0 Å². The van der Waals surface area contributed by atoms with E-state index in [-0.39, 0.29) is 29.5 Å². The fraction of sp³-hybridized carbons (Fsp3) is 0.429. The summed E-state index contributed by atoms with van der Waals surface area (Å²) in [5.74, 6) is -0.735. The number of aromatic hydroxyl groups is 1. The van der Waals surface area contributed by atoms with Crippen LogP contribution in [0.15, 0.2) is 18.2 Å². The number of anilines is 1. The first-order valence-corrected chi connectivity index (χ1v) is 6.55. The van der Waals surface area contributed by atoms with Crippen LogP contribution in [-0.2, 0) is 9.53 Å². The Hall–Kier alpha value is -2.28. The van der Waals surface area contributed by atoms with Gasteiger partial charge in [-0.3, -0.25) is 9.59 Å². The highest BCUT2D eigenvalue weighted by Crippen LogP contribution is 2.19. The molecule has 4 N–H and O–H groups in total. The Balaban J connectivity index is 2.54. The van der Waals surface area contributed by atoms with Gasteiger partial charge in [0.15, 0.2) is 0 Å². The van der Waals surface area contributed by atoms with E-state index >= 15 is 0 Å². The number of nitrogens with zero attached hydrogens (tertiary/aromatic N) is 1. The van der Waals surface area contributed by atoms with Crippen molar-refractivity contribution in [2.75, 3.05) is 39.6 Å². The zero-order valence-electron chi connectivity index (χ0n) is 12.3. The zero-order chi connectivity index (χ0) is 15.8. The van der Waals surface area contributed by atoms with E-state index in [9.17, 15) is 14.7 Å². The van der Waals surface area contributed by atoms with Crippen LogP contribution in [0.3, 0.4) is 0 Å². The third-order valence-electron chi connectivity index (χ3n) is 2.84. The van der Waals surface area contributed by atoms with Gasteiger partial charge in [0.25, 0.3) is 5.91 Å². The summed E-state index contributed by atoms with van der Waals surface area (Å²) in [7, 11) is 3.09. The number of amides is 2. The molecular weight excluding hydrogens is 274 g/mol. The third-order valence-corrected chi connectivity index (χ3v) is 2.84. The summed E-state index contributed by atoms with van der Waals surface area (Å²) < 4.78 is 4.87. The lowest BCUT2D eigenvalue weighted by Gasteiger charge is -2.18. The summed E-state index contributed by atoms with van der Waals surface area (Å²) in [4.78, 5) is 25.1. The standard InChI is InChI=1S/C14H21N3O4/c1-17(9-13(19)16-6-3-7-21-2)14(20)11-8-10(18)4-5-12(11)15/h4-5,8,18H,3,6-7,9,15H2,1-2H3,(H,16,19). The number of benzene rings is 1. The topological polar surface area (TPSA) is 105 Å². The van der Waals surface area contributed by atoms with Gasteiger partial charge in [-0.1, -0.05) is 0 Å². The third kappa shape index (κ3) is 5.31. The molecule has 7 heteroatoms. The smallest absolute Gasteiger partial charge is 0.256 e. The molecule has 0 atom stereocenters. The molecule has 0 saturated carbocycles. The second-order valence-corrected chi connectivity index (χ2v) is 4.63. The van der Waals surface area contributed by atoms with E-state index in [2.05, 4.69) is 5.32 Å². The van der Waals surface area contributed by atoms with Crippen molar-refractivity contribution < 1.29 is 19.4 Å². The van der Waals surface area contributed by atoms with Crippen molar-refractivity contribution in [3.63, 3.8) is 0 Å². The van der Waals surface area contributed by atoms with E-state index in [1.165, 1.54) is 30.1 Å². The molecular formula is C14H21N3O4. The average Bonchev–Trinajstić information content (AvgIpc) is 2.45. The van der Waals surface area contributed by atoms with Crippen LogP contribution in [0.5, 0.6) is 5.75 Å². The highest BCUT2D eigenvalue weighted by atomic mass is 16.5. The lowest BCUT2D eigenvalue weighted by molar-refractivity contribution is -0.121. The number of ether oxygens (including phenoxy) is 1. The molecule has 0 spiro atoms. The largest absolute Gasteiger partial charge is 0.508 e. The summed E-state index contributed by atoms with van der Waals surface area (Å²) in [5, 5.41) is 12.1. The summed E-state index contributed by atoms with van der Waals surface area (Å²) in [6, 6.07) is 4.13. The van der Waals surface area contributed by atoms with Gasteiger partial charge in [-0.05, 0) is 24.6 Å². The monoisotopic (exact) mass is 295 g/mol. The number of phenolic OH excluding ortho intramolecular Hbond substituents is 1. The van der Waals surface area contributed by atoms with Gasteiger partial charge in [-0.25, -0.2) is 0 Å². The predicted molar refractivity (Wildman–Crippen MR) is 79.0 cm³/mol. The van der Waals surface area contributed by atoms with Gasteiger partial charge < -0.3 is 25.8 Å². The first kappa shape index (κ1) is 16.8. The van der Waals surface area contributed by atoms with Crippen LogP contribution >= 0.6 is 0 Å². The van der Waals surface area contributed by atoms with E-state index in [0.29, 0.717) is 19.6 Å². The van der Waals surface area contributed by atoms with Crippen LogP contribution in [0.2, 0.25) is 0 Å². The molecule has 0 aliphatic heterocycles. The van der Waals surface area contributed by atoms with Crippen LogP contribution < -0.4 is 11.1 Å². The number of carbonyl (C=O) groups excluding carboxylic acids is 2. The second kappa shape index (κ2) is 8.11. The van der Waals surface area contributed by atoms with Gasteiger partial charge in [0.2, 0.25) is 5.91 Å². The van der Waals surface area contributed by atoms with Crippen molar-refractivity contribution in [3.8, 4) is 5.75 Å². The van der Waals surface area contributed by atoms with Gasteiger partial charge in [0.05, 0.1) is 12.1 Å². The van der Waals surface area contributed by atoms with Gasteiger partial charge in [0, 0.05) is 33.0 Å². The first-order valence-electron chi connectivity index (χ1n) is 6.55. The van der Waals surface area contributed by atoms with Crippen LogP contribution in [0.25, 0.3) is 0 Å². The minimum atomic E-state index is -0.421. The van der Waals surface area contributed by atoms with E-state index in [4.69, 9.17) is 10.5 Å². The lowest BCUT2D eigenvalue weighted by Crippen LogP contribution is -2.39. The van der Waals surface area contributed by atoms with Gasteiger partial charge >= 0.3 is 0 Å². The molecule has 0 heterocycles. The minimum absolute atomic E-state index is 0.0510. The molecule has 0 fully saturated rings. The molecule has 21 heavy (non-hydrogen) atoms. The number of nitrogen functional groups attached to an aromatic ring is 1. The number of nitrogens with one attached hydrogen (secondary N) is 1. The van der Waals surface area contributed by atoms with Crippen LogP contribution in [-0.4, -0.2) is 55.7 Å². The molecule has 0 aromatic heterocycles. The Morgan fingerprint density at radius 1 is 1.43 bits per heavy atom.